The number of rotatable bonds is 4. The molecule has 1 aromatic rings. The summed E-state index contributed by atoms with van der Waals surface area (Å²) in [7, 11) is 0. The molecule has 0 aromatic heterocycles. The maximum absolute atomic E-state index is 13.1. The van der Waals surface area contributed by atoms with Crippen LogP contribution in [-0.2, 0) is 11.3 Å². The van der Waals surface area contributed by atoms with Crippen molar-refractivity contribution in [3.8, 4) is 0 Å². The number of nitrogens with one attached hydrogen (secondary N) is 1. The Kier molecular flexibility index (Phi) is 5.16. The minimum absolute atomic E-state index is 0.113. The van der Waals surface area contributed by atoms with Gasteiger partial charge >= 0.3 is 0 Å². The fourth-order valence-corrected chi connectivity index (χ4v) is 2.53. The van der Waals surface area contributed by atoms with Crippen LogP contribution in [0.5, 0.6) is 0 Å². The summed E-state index contributed by atoms with van der Waals surface area (Å²) < 4.78 is 13.1. The van der Waals surface area contributed by atoms with Crippen LogP contribution in [0.2, 0.25) is 5.02 Å². The summed E-state index contributed by atoms with van der Waals surface area (Å²) in [5.41, 5.74) is 0.747. The number of halogens is 2. The van der Waals surface area contributed by atoms with Crippen LogP contribution in [0.4, 0.5) is 4.39 Å². The van der Waals surface area contributed by atoms with Crippen molar-refractivity contribution < 1.29 is 9.18 Å². The van der Waals surface area contributed by atoms with Crippen molar-refractivity contribution in [3.63, 3.8) is 0 Å². The second-order valence-electron chi connectivity index (χ2n) is 4.82. The average Bonchev–Trinajstić information content (AvgIpc) is 2.38. The molecule has 1 saturated heterocycles. The van der Waals surface area contributed by atoms with E-state index >= 15 is 0 Å². The Balaban J connectivity index is 1.77. The highest BCUT2D eigenvalue weighted by Crippen LogP contribution is 2.14. The molecule has 0 saturated carbocycles. The van der Waals surface area contributed by atoms with Crippen molar-refractivity contribution in [1.29, 1.82) is 0 Å². The van der Waals surface area contributed by atoms with Crippen LogP contribution in [0.1, 0.15) is 24.8 Å². The zero-order valence-electron chi connectivity index (χ0n) is 10.8. The van der Waals surface area contributed by atoms with E-state index in [2.05, 4.69) is 5.32 Å². The standard InChI is InChI=1S/C14H18ClFN2O/c15-12-6-11(7-13(16)8-12)9-17-10-14(19)18-4-2-1-3-5-18/h6-8,17H,1-5,9-10H2. The van der Waals surface area contributed by atoms with E-state index in [9.17, 15) is 9.18 Å². The Labute approximate surface area is 117 Å². The lowest BCUT2D eigenvalue weighted by molar-refractivity contribution is -0.131. The van der Waals surface area contributed by atoms with Crippen LogP contribution in [0, 0.1) is 5.82 Å². The number of likely N-dealkylation sites (tertiary alicyclic amines) is 1. The molecule has 1 heterocycles. The van der Waals surface area contributed by atoms with Crippen molar-refractivity contribution in [2.24, 2.45) is 0 Å². The van der Waals surface area contributed by atoms with Gasteiger partial charge in [0.15, 0.2) is 0 Å². The fourth-order valence-electron chi connectivity index (χ4n) is 2.28. The molecule has 1 amide bonds. The van der Waals surface area contributed by atoms with Crippen LogP contribution < -0.4 is 5.32 Å². The van der Waals surface area contributed by atoms with Gasteiger partial charge in [-0.1, -0.05) is 11.6 Å². The number of carbonyl (C=O) groups is 1. The molecule has 1 fully saturated rings. The first-order valence-corrected chi connectivity index (χ1v) is 6.96. The molecular weight excluding hydrogens is 267 g/mol. The minimum Gasteiger partial charge on any atom is -0.342 e. The van der Waals surface area contributed by atoms with Crippen molar-refractivity contribution in [2.45, 2.75) is 25.8 Å². The average molecular weight is 285 g/mol. The van der Waals surface area contributed by atoms with Crippen LogP contribution in [0.25, 0.3) is 0 Å². The first-order chi connectivity index (χ1) is 9.15. The van der Waals surface area contributed by atoms with Gasteiger partial charge in [0.1, 0.15) is 5.82 Å². The Morgan fingerprint density at radius 1 is 1.26 bits per heavy atom. The van der Waals surface area contributed by atoms with Crippen molar-refractivity contribution in [2.75, 3.05) is 19.6 Å². The Morgan fingerprint density at radius 3 is 2.68 bits per heavy atom. The highest BCUT2D eigenvalue weighted by Gasteiger charge is 2.15. The largest absolute Gasteiger partial charge is 0.342 e. The number of nitrogens with zero attached hydrogens (tertiary/aromatic N) is 1. The summed E-state index contributed by atoms with van der Waals surface area (Å²) in [4.78, 5) is 13.8. The molecule has 0 spiro atoms. The second kappa shape index (κ2) is 6.87. The predicted molar refractivity (Wildman–Crippen MR) is 73.5 cm³/mol. The van der Waals surface area contributed by atoms with Gasteiger partial charge in [-0.15, -0.1) is 0 Å². The molecule has 0 atom stereocenters. The third-order valence-electron chi connectivity index (χ3n) is 3.24. The molecule has 3 nitrogen and oxygen atoms in total. The number of hydrogen-bond acceptors (Lipinski definition) is 2. The lowest BCUT2D eigenvalue weighted by Crippen LogP contribution is -2.40. The van der Waals surface area contributed by atoms with Gasteiger partial charge in [-0.2, -0.15) is 0 Å². The molecule has 0 radical (unpaired) electrons. The molecule has 1 aromatic carbocycles. The van der Waals surface area contributed by atoms with Crippen molar-refractivity contribution in [3.05, 3.63) is 34.6 Å². The molecule has 1 N–H and O–H groups in total. The maximum atomic E-state index is 13.1. The lowest BCUT2D eigenvalue weighted by Gasteiger charge is -2.26. The van der Waals surface area contributed by atoms with Crippen LogP contribution >= 0.6 is 11.6 Å². The zero-order chi connectivity index (χ0) is 13.7. The van der Waals surface area contributed by atoms with Gasteiger partial charge in [0.25, 0.3) is 0 Å². The van der Waals surface area contributed by atoms with E-state index in [0.29, 0.717) is 11.6 Å². The molecule has 104 valence electrons. The monoisotopic (exact) mass is 284 g/mol. The molecule has 0 bridgehead atoms. The molecule has 1 aliphatic heterocycles. The van der Waals surface area contributed by atoms with Crippen LogP contribution in [0.3, 0.4) is 0 Å². The van der Waals surface area contributed by atoms with Gasteiger partial charge in [-0.05, 0) is 43.0 Å². The first-order valence-electron chi connectivity index (χ1n) is 6.58. The highest BCUT2D eigenvalue weighted by molar-refractivity contribution is 6.30. The summed E-state index contributed by atoms with van der Waals surface area (Å²) in [6, 6.07) is 4.39. The predicted octanol–water partition coefficient (Wildman–Crippen LogP) is 2.58. The van der Waals surface area contributed by atoms with E-state index in [1.807, 2.05) is 4.90 Å². The topological polar surface area (TPSA) is 32.3 Å². The number of hydrogen-bond donors (Lipinski definition) is 1. The Hall–Kier alpha value is -1.13. The molecule has 19 heavy (non-hydrogen) atoms. The lowest BCUT2D eigenvalue weighted by atomic mass is 10.1. The summed E-state index contributed by atoms with van der Waals surface area (Å²) >= 11 is 5.77. The van der Waals surface area contributed by atoms with Crippen LogP contribution in [0.15, 0.2) is 18.2 Å². The van der Waals surface area contributed by atoms with E-state index in [1.165, 1.54) is 18.6 Å². The van der Waals surface area contributed by atoms with E-state index in [0.717, 1.165) is 31.5 Å². The smallest absolute Gasteiger partial charge is 0.236 e. The van der Waals surface area contributed by atoms with Gasteiger partial charge in [-0.3, -0.25) is 4.79 Å². The number of carbonyl (C=O) groups excluding carboxylic acids is 1. The number of amides is 1. The minimum atomic E-state index is -0.355. The summed E-state index contributed by atoms with van der Waals surface area (Å²) in [6.45, 7) is 2.43. The Bertz CT molecular complexity index is 427. The number of benzene rings is 1. The van der Waals surface area contributed by atoms with Crippen molar-refractivity contribution in [1.82, 2.24) is 10.2 Å². The third kappa shape index (κ3) is 4.48. The molecular formula is C14H18ClFN2O. The maximum Gasteiger partial charge on any atom is 0.236 e. The SMILES string of the molecule is O=C(CNCc1cc(F)cc(Cl)c1)N1CCCCC1. The van der Waals surface area contributed by atoms with Gasteiger partial charge in [0.2, 0.25) is 5.91 Å². The summed E-state index contributed by atoms with van der Waals surface area (Å²) in [6.07, 6.45) is 3.38. The molecule has 0 unspecified atom stereocenters. The molecule has 2 rings (SSSR count). The van der Waals surface area contributed by atoms with E-state index < -0.39 is 0 Å². The summed E-state index contributed by atoms with van der Waals surface area (Å²) in [5.74, 6) is -0.242. The van der Waals surface area contributed by atoms with Crippen LogP contribution in [-0.4, -0.2) is 30.4 Å². The quantitative estimate of drug-likeness (QED) is 0.922. The van der Waals surface area contributed by atoms with Gasteiger partial charge in [0.05, 0.1) is 6.54 Å². The zero-order valence-corrected chi connectivity index (χ0v) is 11.5. The summed E-state index contributed by atoms with van der Waals surface area (Å²) in [5, 5.41) is 3.41. The van der Waals surface area contributed by atoms with E-state index in [-0.39, 0.29) is 18.3 Å². The highest BCUT2D eigenvalue weighted by atomic mass is 35.5. The van der Waals surface area contributed by atoms with E-state index in [4.69, 9.17) is 11.6 Å². The third-order valence-corrected chi connectivity index (χ3v) is 3.45. The fraction of sp³-hybridized carbons (Fsp3) is 0.500. The molecule has 1 aliphatic rings. The molecule has 0 aliphatic carbocycles. The molecule has 5 heteroatoms. The second-order valence-corrected chi connectivity index (χ2v) is 5.26. The van der Waals surface area contributed by atoms with Gasteiger partial charge in [0, 0.05) is 24.7 Å². The van der Waals surface area contributed by atoms with Gasteiger partial charge in [-0.25, -0.2) is 4.39 Å². The first kappa shape index (κ1) is 14.3. The normalized spacial score (nSPS) is 15.6. The number of piperidine rings is 1. The van der Waals surface area contributed by atoms with Crippen molar-refractivity contribution >= 4 is 17.5 Å². The van der Waals surface area contributed by atoms with E-state index in [1.54, 1.807) is 6.07 Å². The van der Waals surface area contributed by atoms with Gasteiger partial charge < -0.3 is 10.2 Å². The Morgan fingerprint density at radius 2 is 2.00 bits per heavy atom.